The molecule has 0 radical (unpaired) electrons. The summed E-state index contributed by atoms with van der Waals surface area (Å²) in [6.07, 6.45) is -0.371. The highest BCUT2D eigenvalue weighted by Crippen LogP contribution is 2.31. The quantitative estimate of drug-likeness (QED) is 0.641. The molecule has 6 heteroatoms. The van der Waals surface area contributed by atoms with E-state index in [0.717, 1.165) is 0 Å². The molecule has 1 unspecified atom stereocenters. The maximum atomic E-state index is 10.6. The summed E-state index contributed by atoms with van der Waals surface area (Å²) in [6.45, 7) is 3.08. The number of rotatable bonds is 3. The van der Waals surface area contributed by atoms with Gasteiger partial charge in [-0.25, -0.2) is 0 Å². The molecular weight excluding hydrogens is 234 g/mol. The van der Waals surface area contributed by atoms with Gasteiger partial charge >= 0.3 is 0 Å². The number of nitro benzene ring substituents is 1. The van der Waals surface area contributed by atoms with Crippen molar-refractivity contribution in [2.75, 3.05) is 18.0 Å². The SMILES string of the molecule is CC(O)C1CN(c2ccc([N+](=O)[O-])cc2C#N)C1. The van der Waals surface area contributed by atoms with Crippen LogP contribution in [0.3, 0.4) is 0 Å². The number of benzene rings is 1. The third kappa shape index (κ3) is 2.13. The van der Waals surface area contributed by atoms with Crippen molar-refractivity contribution < 1.29 is 10.0 Å². The van der Waals surface area contributed by atoms with Gasteiger partial charge in [0.2, 0.25) is 0 Å². The summed E-state index contributed by atoms with van der Waals surface area (Å²) in [5.74, 6) is 0.201. The maximum Gasteiger partial charge on any atom is 0.270 e. The van der Waals surface area contributed by atoms with E-state index in [1.54, 1.807) is 13.0 Å². The molecule has 1 aromatic carbocycles. The van der Waals surface area contributed by atoms with Crippen molar-refractivity contribution in [3.63, 3.8) is 0 Å². The van der Waals surface area contributed by atoms with Crippen LogP contribution in [0, 0.1) is 27.4 Å². The molecule has 0 saturated carbocycles. The van der Waals surface area contributed by atoms with Gasteiger partial charge in [-0.05, 0) is 13.0 Å². The number of aliphatic hydroxyl groups is 1. The third-order valence-corrected chi connectivity index (χ3v) is 3.24. The number of hydrogen-bond acceptors (Lipinski definition) is 5. The number of nitro groups is 1. The molecule has 94 valence electrons. The monoisotopic (exact) mass is 247 g/mol. The first-order valence-corrected chi connectivity index (χ1v) is 5.64. The molecule has 18 heavy (non-hydrogen) atoms. The lowest BCUT2D eigenvalue weighted by molar-refractivity contribution is -0.384. The van der Waals surface area contributed by atoms with Gasteiger partial charge in [-0.2, -0.15) is 5.26 Å². The lowest BCUT2D eigenvalue weighted by Gasteiger charge is -2.42. The zero-order valence-electron chi connectivity index (χ0n) is 9.91. The van der Waals surface area contributed by atoms with Crippen LogP contribution in [0.25, 0.3) is 0 Å². The van der Waals surface area contributed by atoms with E-state index in [4.69, 9.17) is 5.26 Å². The molecule has 1 aliphatic rings. The molecule has 0 amide bonds. The van der Waals surface area contributed by atoms with Gasteiger partial charge < -0.3 is 10.0 Å². The van der Waals surface area contributed by atoms with Gasteiger partial charge in [-0.1, -0.05) is 0 Å². The predicted molar refractivity (Wildman–Crippen MR) is 65.2 cm³/mol. The molecule has 1 heterocycles. The zero-order valence-corrected chi connectivity index (χ0v) is 9.91. The lowest BCUT2D eigenvalue weighted by Crippen LogP contribution is -2.51. The number of aliphatic hydroxyl groups excluding tert-OH is 1. The number of nitriles is 1. The van der Waals surface area contributed by atoms with E-state index in [-0.39, 0.29) is 17.7 Å². The molecule has 1 aromatic rings. The Labute approximate surface area is 104 Å². The Hall–Kier alpha value is -2.13. The van der Waals surface area contributed by atoms with Gasteiger partial charge in [0.1, 0.15) is 6.07 Å². The highest BCUT2D eigenvalue weighted by Gasteiger charge is 2.31. The molecule has 1 saturated heterocycles. The van der Waals surface area contributed by atoms with Gasteiger partial charge in [0.15, 0.2) is 0 Å². The lowest BCUT2D eigenvalue weighted by atomic mass is 9.93. The maximum absolute atomic E-state index is 10.6. The Morgan fingerprint density at radius 3 is 2.78 bits per heavy atom. The Kier molecular flexibility index (Phi) is 3.17. The summed E-state index contributed by atoms with van der Waals surface area (Å²) in [7, 11) is 0. The van der Waals surface area contributed by atoms with Crippen LogP contribution in [0.4, 0.5) is 11.4 Å². The fraction of sp³-hybridized carbons (Fsp3) is 0.417. The second-order valence-corrected chi connectivity index (χ2v) is 4.48. The van der Waals surface area contributed by atoms with Crippen molar-refractivity contribution in [1.29, 1.82) is 5.26 Å². The van der Waals surface area contributed by atoms with E-state index >= 15 is 0 Å². The largest absolute Gasteiger partial charge is 0.393 e. The molecule has 1 fully saturated rings. The Balaban J connectivity index is 2.20. The molecule has 1 aliphatic heterocycles. The van der Waals surface area contributed by atoms with Crippen LogP contribution in [-0.2, 0) is 0 Å². The van der Waals surface area contributed by atoms with Crippen molar-refractivity contribution in [3.8, 4) is 6.07 Å². The molecule has 1 atom stereocenters. The molecule has 2 rings (SSSR count). The minimum absolute atomic E-state index is 0.0806. The van der Waals surface area contributed by atoms with E-state index < -0.39 is 4.92 Å². The standard InChI is InChI=1S/C12H13N3O3/c1-8(16)10-6-14(7-10)12-3-2-11(15(17)18)4-9(12)5-13/h2-4,8,10,16H,6-7H2,1H3. The summed E-state index contributed by atoms with van der Waals surface area (Å²) >= 11 is 0. The number of nitrogens with zero attached hydrogens (tertiary/aromatic N) is 3. The minimum Gasteiger partial charge on any atom is -0.393 e. The van der Waals surface area contributed by atoms with Crippen LogP contribution in [0.1, 0.15) is 12.5 Å². The van der Waals surface area contributed by atoms with Crippen LogP contribution in [0.2, 0.25) is 0 Å². The Bertz CT molecular complexity index is 516. The molecule has 6 nitrogen and oxygen atoms in total. The smallest absolute Gasteiger partial charge is 0.270 e. The predicted octanol–water partition coefficient (Wildman–Crippen LogP) is 1.28. The van der Waals surface area contributed by atoms with Gasteiger partial charge in [-0.3, -0.25) is 10.1 Å². The van der Waals surface area contributed by atoms with Gasteiger partial charge in [0.25, 0.3) is 5.69 Å². The van der Waals surface area contributed by atoms with Crippen molar-refractivity contribution in [3.05, 3.63) is 33.9 Å². The summed E-state index contributed by atoms with van der Waals surface area (Å²) in [5.41, 5.74) is 0.913. The fourth-order valence-electron chi connectivity index (χ4n) is 2.02. The molecule has 0 spiro atoms. The highest BCUT2D eigenvalue weighted by atomic mass is 16.6. The molecule has 0 aliphatic carbocycles. The second kappa shape index (κ2) is 4.63. The van der Waals surface area contributed by atoms with Crippen LogP contribution in [0.15, 0.2) is 18.2 Å². The van der Waals surface area contributed by atoms with E-state index in [9.17, 15) is 15.2 Å². The zero-order chi connectivity index (χ0) is 13.3. The van der Waals surface area contributed by atoms with Crippen LogP contribution < -0.4 is 4.90 Å². The first-order valence-electron chi connectivity index (χ1n) is 5.64. The van der Waals surface area contributed by atoms with Gasteiger partial charge in [0, 0.05) is 31.1 Å². The number of hydrogen-bond donors (Lipinski definition) is 1. The van der Waals surface area contributed by atoms with Crippen LogP contribution in [0.5, 0.6) is 0 Å². The van der Waals surface area contributed by atoms with Gasteiger partial charge in [0.05, 0.1) is 22.3 Å². The minimum atomic E-state index is -0.515. The van der Waals surface area contributed by atoms with E-state index in [1.807, 2.05) is 11.0 Å². The molecular formula is C12H13N3O3. The molecule has 0 aromatic heterocycles. The molecule has 0 bridgehead atoms. The van der Waals surface area contributed by atoms with Crippen molar-refractivity contribution in [2.45, 2.75) is 13.0 Å². The van der Waals surface area contributed by atoms with Crippen molar-refractivity contribution >= 4 is 11.4 Å². The average molecular weight is 247 g/mol. The van der Waals surface area contributed by atoms with Crippen molar-refractivity contribution in [1.82, 2.24) is 0 Å². The Morgan fingerprint density at radius 1 is 1.61 bits per heavy atom. The topological polar surface area (TPSA) is 90.4 Å². The first kappa shape index (κ1) is 12.3. The summed E-state index contributed by atoms with van der Waals surface area (Å²) < 4.78 is 0. The number of anilines is 1. The summed E-state index contributed by atoms with van der Waals surface area (Å²) in [4.78, 5) is 12.1. The first-order chi connectivity index (χ1) is 8.52. The highest BCUT2D eigenvalue weighted by molar-refractivity contribution is 5.64. The molecule has 1 N–H and O–H groups in total. The fourth-order valence-corrected chi connectivity index (χ4v) is 2.02. The Morgan fingerprint density at radius 2 is 2.28 bits per heavy atom. The normalized spacial score (nSPS) is 16.8. The van der Waals surface area contributed by atoms with Gasteiger partial charge in [-0.15, -0.1) is 0 Å². The number of non-ortho nitro benzene ring substituents is 1. The second-order valence-electron chi connectivity index (χ2n) is 4.48. The van der Waals surface area contributed by atoms with E-state index in [1.165, 1.54) is 12.1 Å². The van der Waals surface area contributed by atoms with Crippen LogP contribution in [-0.4, -0.2) is 29.2 Å². The van der Waals surface area contributed by atoms with Crippen molar-refractivity contribution in [2.24, 2.45) is 5.92 Å². The third-order valence-electron chi connectivity index (χ3n) is 3.24. The van der Waals surface area contributed by atoms with E-state index in [2.05, 4.69) is 0 Å². The van der Waals surface area contributed by atoms with Crippen LogP contribution >= 0.6 is 0 Å². The summed E-state index contributed by atoms with van der Waals surface area (Å²) in [6, 6.07) is 6.25. The summed E-state index contributed by atoms with van der Waals surface area (Å²) in [5, 5.41) is 29.0. The van der Waals surface area contributed by atoms with E-state index in [0.29, 0.717) is 24.3 Å². The average Bonchev–Trinajstić information content (AvgIpc) is 2.26.